The standard InChI is InChI=1S/C26H30N4O3/c1-14(2)26(32)29-11-9-19(10-12-29)30-24(22(17(5)27)23(28-30)18(6)31)25-16(4)20-13-15(3)7-8-21(20)33-25/h7-8,13,19H,1,5,9-12,27H2,2-4,6H3. The summed E-state index contributed by atoms with van der Waals surface area (Å²) in [5.41, 5.74) is 11.3. The lowest BCUT2D eigenvalue weighted by molar-refractivity contribution is -0.128. The quantitative estimate of drug-likeness (QED) is 0.449. The fourth-order valence-electron chi connectivity index (χ4n) is 4.61. The van der Waals surface area contributed by atoms with Crippen LogP contribution in [0.2, 0.25) is 0 Å². The van der Waals surface area contributed by atoms with E-state index >= 15 is 0 Å². The van der Waals surface area contributed by atoms with E-state index in [0.717, 1.165) is 22.1 Å². The van der Waals surface area contributed by atoms with Crippen LogP contribution in [0.1, 0.15) is 59.9 Å². The first-order valence-electron chi connectivity index (χ1n) is 11.1. The summed E-state index contributed by atoms with van der Waals surface area (Å²) in [7, 11) is 0. The van der Waals surface area contributed by atoms with Gasteiger partial charge in [0.1, 0.15) is 17.0 Å². The van der Waals surface area contributed by atoms with E-state index in [1.165, 1.54) is 6.92 Å². The molecule has 0 unspecified atom stereocenters. The lowest BCUT2D eigenvalue weighted by atomic mass is 10.0. The van der Waals surface area contributed by atoms with Crippen molar-refractivity contribution in [1.29, 1.82) is 0 Å². The molecule has 7 nitrogen and oxygen atoms in total. The molecule has 172 valence electrons. The second-order valence-corrected chi connectivity index (χ2v) is 8.96. The molecule has 3 heterocycles. The van der Waals surface area contributed by atoms with Crippen molar-refractivity contribution in [1.82, 2.24) is 14.7 Å². The molecule has 0 aliphatic carbocycles. The number of aryl methyl sites for hydroxylation is 2. The Morgan fingerprint density at radius 2 is 1.82 bits per heavy atom. The minimum absolute atomic E-state index is 0.0188. The van der Waals surface area contributed by atoms with Gasteiger partial charge in [0, 0.05) is 42.2 Å². The first-order valence-corrected chi connectivity index (χ1v) is 11.1. The SMILES string of the molecule is C=C(C)C(=O)N1CCC(n2nc(C(C)=O)c(C(=C)N)c2-c2oc3ccc(C)cc3c2C)CC1. The van der Waals surface area contributed by atoms with Gasteiger partial charge in [-0.25, -0.2) is 0 Å². The molecule has 7 heteroatoms. The summed E-state index contributed by atoms with van der Waals surface area (Å²) in [6, 6.07) is 6.02. The number of hydrogen-bond donors (Lipinski definition) is 1. The molecule has 1 saturated heterocycles. The Bertz CT molecular complexity index is 1300. The van der Waals surface area contributed by atoms with Gasteiger partial charge in [-0.15, -0.1) is 0 Å². The van der Waals surface area contributed by atoms with Crippen molar-refractivity contribution in [3.8, 4) is 11.5 Å². The van der Waals surface area contributed by atoms with E-state index in [2.05, 4.69) is 19.2 Å². The summed E-state index contributed by atoms with van der Waals surface area (Å²) < 4.78 is 8.17. The number of aromatic nitrogens is 2. The van der Waals surface area contributed by atoms with Crippen LogP contribution in [0.25, 0.3) is 28.1 Å². The molecule has 1 fully saturated rings. The zero-order valence-corrected chi connectivity index (χ0v) is 19.7. The van der Waals surface area contributed by atoms with Crippen LogP contribution in [-0.2, 0) is 4.79 Å². The van der Waals surface area contributed by atoms with Gasteiger partial charge >= 0.3 is 0 Å². The monoisotopic (exact) mass is 446 g/mol. The van der Waals surface area contributed by atoms with E-state index in [1.807, 2.05) is 35.6 Å². The maximum absolute atomic E-state index is 12.5. The molecule has 0 atom stereocenters. The van der Waals surface area contributed by atoms with Gasteiger partial charge in [-0.05, 0) is 45.7 Å². The third-order valence-electron chi connectivity index (χ3n) is 6.33. The van der Waals surface area contributed by atoms with Crippen molar-refractivity contribution in [3.05, 3.63) is 59.3 Å². The number of furan rings is 1. The van der Waals surface area contributed by atoms with Crippen LogP contribution in [0.3, 0.4) is 0 Å². The molecule has 2 N–H and O–H groups in total. The lowest BCUT2D eigenvalue weighted by Crippen LogP contribution is -2.39. The number of fused-ring (bicyclic) bond motifs is 1. The first kappa shape index (κ1) is 22.6. The van der Waals surface area contributed by atoms with E-state index in [0.29, 0.717) is 48.5 Å². The third-order valence-corrected chi connectivity index (χ3v) is 6.33. The molecule has 1 aliphatic heterocycles. The number of hydrogen-bond acceptors (Lipinski definition) is 5. The zero-order chi connectivity index (χ0) is 24.0. The Hall–Kier alpha value is -3.61. The van der Waals surface area contributed by atoms with Crippen molar-refractivity contribution in [2.45, 2.75) is 46.6 Å². The summed E-state index contributed by atoms with van der Waals surface area (Å²) in [5, 5.41) is 5.72. The molecule has 4 rings (SSSR count). The topological polar surface area (TPSA) is 94.4 Å². The van der Waals surface area contributed by atoms with Crippen LogP contribution in [0, 0.1) is 13.8 Å². The Kier molecular flexibility index (Phi) is 5.74. The normalized spacial score (nSPS) is 14.6. The molecule has 3 aromatic rings. The second-order valence-electron chi connectivity index (χ2n) is 8.96. The minimum Gasteiger partial charge on any atom is -0.454 e. The van der Waals surface area contributed by atoms with Crippen LogP contribution in [-0.4, -0.2) is 39.5 Å². The van der Waals surface area contributed by atoms with E-state index in [4.69, 9.17) is 15.2 Å². The Balaban J connectivity index is 1.86. The smallest absolute Gasteiger partial charge is 0.248 e. The molecule has 2 aromatic heterocycles. The van der Waals surface area contributed by atoms with Crippen LogP contribution in [0.15, 0.2) is 41.3 Å². The van der Waals surface area contributed by atoms with E-state index in [9.17, 15) is 9.59 Å². The number of carbonyl (C=O) groups is 2. The van der Waals surface area contributed by atoms with Gasteiger partial charge in [0.2, 0.25) is 5.91 Å². The van der Waals surface area contributed by atoms with E-state index < -0.39 is 0 Å². The molecule has 0 radical (unpaired) electrons. The van der Waals surface area contributed by atoms with Crippen molar-refractivity contribution in [2.75, 3.05) is 13.1 Å². The number of Topliss-reactive ketones (excluding diaryl/α,β-unsaturated/α-hetero) is 1. The van der Waals surface area contributed by atoms with Gasteiger partial charge in [0.15, 0.2) is 11.5 Å². The number of benzene rings is 1. The molecule has 33 heavy (non-hydrogen) atoms. The van der Waals surface area contributed by atoms with Gasteiger partial charge < -0.3 is 15.1 Å². The maximum Gasteiger partial charge on any atom is 0.248 e. The van der Waals surface area contributed by atoms with Gasteiger partial charge in [-0.2, -0.15) is 5.10 Å². The third kappa shape index (κ3) is 3.88. The number of piperidine rings is 1. The number of amides is 1. The predicted molar refractivity (Wildman–Crippen MR) is 130 cm³/mol. The Morgan fingerprint density at radius 1 is 1.15 bits per heavy atom. The van der Waals surface area contributed by atoms with Crippen molar-refractivity contribution < 1.29 is 14.0 Å². The number of nitrogens with zero attached hydrogens (tertiary/aromatic N) is 3. The molecule has 0 saturated carbocycles. The molecule has 1 amide bonds. The van der Waals surface area contributed by atoms with Crippen LogP contribution in [0.4, 0.5) is 0 Å². The molecule has 1 aliphatic rings. The second kappa shape index (κ2) is 8.39. The number of rotatable bonds is 5. The lowest BCUT2D eigenvalue weighted by Gasteiger charge is -2.33. The summed E-state index contributed by atoms with van der Waals surface area (Å²) in [6.45, 7) is 16.1. The van der Waals surface area contributed by atoms with Crippen LogP contribution in [0.5, 0.6) is 0 Å². The first-order chi connectivity index (χ1) is 15.6. The number of ketones is 1. The zero-order valence-electron chi connectivity index (χ0n) is 19.7. The van der Waals surface area contributed by atoms with Gasteiger partial charge in [0.05, 0.1) is 11.6 Å². The molecule has 0 bridgehead atoms. The van der Waals surface area contributed by atoms with E-state index in [-0.39, 0.29) is 29.1 Å². The van der Waals surface area contributed by atoms with Gasteiger partial charge in [-0.1, -0.05) is 24.8 Å². The number of nitrogens with two attached hydrogens (primary N) is 1. The fourth-order valence-corrected chi connectivity index (χ4v) is 4.61. The van der Waals surface area contributed by atoms with Crippen molar-refractivity contribution in [3.63, 3.8) is 0 Å². The molecular weight excluding hydrogens is 416 g/mol. The highest BCUT2D eigenvalue weighted by molar-refractivity contribution is 6.00. The summed E-state index contributed by atoms with van der Waals surface area (Å²) in [6.07, 6.45) is 1.39. The van der Waals surface area contributed by atoms with Crippen LogP contribution >= 0.6 is 0 Å². The van der Waals surface area contributed by atoms with E-state index in [1.54, 1.807) is 6.92 Å². The van der Waals surface area contributed by atoms with Gasteiger partial charge in [-0.3, -0.25) is 14.3 Å². The predicted octanol–water partition coefficient (Wildman–Crippen LogP) is 4.78. The Morgan fingerprint density at radius 3 is 2.39 bits per heavy atom. The molecule has 1 aromatic carbocycles. The fraction of sp³-hybridized carbons (Fsp3) is 0.346. The Labute approximate surface area is 193 Å². The highest BCUT2D eigenvalue weighted by Crippen LogP contribution is 2.40. The minimum atomic E-state index is -0.184. The van der Waals surface area contributed by atoms with Crippen LogP contribution < -0.4 is 5.73 Å². The average Bonchev–Trinajstić information content (AvgIpc) is 3.32. The highest BCUT2D eigenvalue weighted by atomic mass is 16.3. The molecule has 0 spiro atoms. The summed E-state index contributed by atoms with van der Waals surface area (Å²) in [4.78, 5) is 26.7. The highest BCUT2D eigenvalue weighted by Gasteiger charge is 2.32. The maximum atomic E-state index is 12.5. The van der Waals surface area contributed by atoms with Gasteiger partial charge in [0.25, 0.3) is 0 Å². The van der Waals surface area contributed by atoms with Crippen molar-refractivity contribution in [2.24, 2.45) is 5.73 Å². The summed E-state index contributed by atoms with van der Waals surface area (Å²) in [5.74, 6) is 0.423. The number of likely N-dealkylation sites (tertiary alicyclic amines) is 1. The molecular formula is C26H30N4O3. The average molecular weight is 447 g/mol. The number of carbonyl (C=O) groups excluding carboxylic acids is 2. The van der Waals surface area contributed by atoms with Crippen molar-refractivity contribution >= 4 is 28.4 Å². The summed E-state index contributed by atoms with van der Waals surface area (Å²) >= 11 is 0. The largest absolute Gasteiger partial charge is 0.454 e.